The van der Waals surface area contributed by atoms with Gasteiger partial charge in [0, 0.05) is 25.3 Å². The van der Waals surface area contributed by atoms with Gasteiger partial charge in [-0.3, -0.25) is 0 Å². The monoisotopic (exact) mass is 288 g/mol. The third-order valence-corrected chi connectivity index (χ3v) is 3.16. The number of benzene rings is 1. The smallest absolute Gasteiger partial charge is 0.376 e. The van der Waals surface area contributed by atoms with Crippen molar-refractivity contribution in [1.82, 2.24) is 4.98 Å². The molecule has 0 bridgehead atoms. The molecular formula is C16H20N2O3. The van der Waals surface area contributed by atoms with Crippen LogP contribution in [0.4, 0.5) is 5.69 Å². The highest BCUT2D eigenvalue weighted by molar-refractivity contribution is 5.88. The number of oxazole rings is 1. The van der Waals surface area contributed by atoms with E-state index in [2.05, 4.69) is 4.98 Å². The zero-order valence-electron chi connectivity index (χ0n) is 12.8. The van der Waals surface area contributed by atoms with E-state index in [4.69, 9.17) is 9.15 Å². The molecule has 0 N–H and O–H groups in total. The van der Waals surface area contributed by atoms with Crippen molar-refractivity contribution in [3.05, 3.63) is 35.7 Å². The van der Waals surface area contributed by atoms with E-state index in [1.807, 2.05) is 50.2 Å². The molecule has 0 spiro atoms. The van der Waals surface area contributed by atoms with Crippen LogP contribution < -0.4 is 4.90 Å². The van der Waals surface area contributed by atoms with Gasteiger partial charge in [0.1, 0.15) is 0 Å². The Morgan fingerprint density at radius 1 is 1.38 bits per heavy atom. The van der Waals surface area contributed by atoms with Gasteiger partial charge in [-0.05, 0) is 24.6 Å². The fraction of sp³-hybridized carbons (Fsp3) is 0.375. The molecule has 5 heteroatoms. The average molecular weight is 288 g/mol. The number of carbonyl (C=O) groups is 1. The summed E-state index contributed by atoms with van der Waals surface area (Å²) in [5, 5.41) is 0. The quantitative estimate of drug-likeness (QED) is 0.791. The van der Waals surface area contributed by atoms with Gasteiger partial charge >= 0.3 is 5.97 Å². The minimum absolute atomic E-state index is 0.199. The van der Waals surface area contributed by atoms with Gasteiger partial charge in [-0.25, -0.2) is 9.78 Å². The number of carbonyl (C=O) groups excluding carboxylic acids is 1. The second-order valence-corrected chi connectivity index (χ2v) is 4.98. The van der Waals surface area contributed by atoms with Crippen LogP contribution in [0.3, 0.4) is 0 Å². The second kappa shape index (κ2) is 6.43. The van der Waals surface area contributed by atoms with Crippen molar-refractivity contribution < 1.29 is 13.9 Å². The first-order valence-corrected chi connectivity index (χ1v) is 6.92. The van der Waals surface area contributed by atoms with E-state index in [-0.39, 0.29) is 5.76 Å². The van der Waals surface area contributed by atoms with Crippen LogP contribution in [-0.2, 0) is 11.2 Å². The molecule has 0 aliphatic carbocycles. The van der Waals surface area contributed by atoms with Gasteiger partial charge in [0.25, 0.3) is 0 Å². The topological polar surface area (TPSA) is 55.6 Å². The molecule has 0 aliphatic rings. The minimum atomic E-state index is -0.485. The van der Waals surface area contributed by atoms with Gasteiger partial charge in [-0.15, -0.1) is 0 Å². The van der Waals surface area contributed by atoms with Crippen molar-refractivity contribution >= 4 is 11.7 Å². The first-order chi connectivity index (χ1) is 10.1. The summed E-state index contributed by atoms with van der Waals surface area (Å²) in [6, 6.07) is 7.82. The van der Waals surface area contributed by atoms with Gasteiger partial charge in [0.15, 0.2) is 0 Å². The van der Waals surface area contributed by atoms with Crippen LogP contribution >= 0.6 is 0 Å². The summed E-state index contributed by atoms with van der Waals surface area (Å²) in [6.07, 6.45) is 1.56. The molecule has 1 heterocycles. The molecule has 2 aromatic rings. The Labute approximate surface area is 124 Å². The highest BCUT2D eigenvalue weighted by Gasteiger charge is 2.21. The number of hydrogen-bond acceptors (Lipinski definition) is 5. The summed E-state index contributed by atoms with van der Waals surface area (Å²) >= 11 is 0. The fourth-order valence-electron chi connectivity index (χ4n) is 2.05. The molecule has 2 rings (SSSR count). The number of nitrogens with zero attached hydrogens (tertiary/aromatic N) is 2. The molecule has 5 nitrogen and oxygen atoms in total. The lowest BCUT2D eigenvalue weighted by Crippen LogP contribution is -2.08. The van der Waals surface area contributed by atoms with Crippen LogP contribution in [-0.4, -0.2) is 32.2 Å². The summed E-state index contributed by atoms with van der Waals surface area (Å²) in [7, 11) is 5.28. The normalized spacial score (nSPS) is 10.5. The van der Waals surface area contributed by atoms with Gasteiger partial charge in [0.05, 0.1) is 12.8 Å². The Bertz CT molecular complexity index is 632. The van der Waals surface area contributed by atoms with Crippen LogP contribution in [0.5, 0.6) is 0 Å². The van der Waals surface area contributed by atoms with E-state index in [1.165, 1.54) is 7.11 Å². The predicted molar refractivity (Wildman–Crippen MR) is 81.6 cm³/mol. The maximum Gasteiger partial charge on any atom is 0.376 e. The Morgan fingerprint density at radius 2 is 2.14 bits per heavy atom. The Kier molecular flexibility index (Phi) is 4.62. The maximum atomic E-state index is 11.8. The van der Waals surface area contributed by atoms with E-state index in [0.717, 1.165) is 17.7 Å². The SMILES string of the molecule is CCCc1nc(-c2cccc(N(C)C)c2)oc1C(=O)OC. The molecule has 0 amide bonds. The van der Waals surface area contributed by atoms with Crippen molar-refractivity contribution in [2.24, 2.45) is 0 Å². The first-order valence-electron chi connectivity index (χ1n) is 6.92. The number of rotatable bonds is 5. The number of aromatic nitrogens is 1. The summed E-state index contributed by atoms with van der Waals surface area (Å²) in [4.78, 5) is 18.2. The Morgan fingerprint density at radius 3 is 2.76 bits per heavy atom. The van der Waals surface area contributed by atoms with Crippen molar-refractivity contribution in [3.8, 4) is 11.5 Å². The fourth-order valence-corrected chi connectivity index (χ4v) is 2.05. The summed E-state index contributed by atoms with van der Waals surface area (Å²) in [5.41, 5.74) is 2.53. The lowest BCUT2D eigenvalue weighted by molar-refractivity contribution is 0.0564. The van der Waals surface area contributed by atoms with Crippen LogP contribution in [0.2, 0.25) is 0 Å². The van der Waals surface area contributed by atoms with E-state index < -0.39 is 5.97 Å². The zero-order valence-corrected chi connectivity index (χ0v) is 12.8. The second-order valence-electron chi connectivity index (χ2n) is 4.98. The maximum absolute atomic E-state index is 11.8. The number of anilines is 1. The lowest BCUT2D eigenvalue weighted by atomic mass is 10.2. The molecule has 1 aromatic carbocycles. The average Bonchev–Trinajstić information content (AvgIpc) is 2.91. The van der Waals surface area contributed by atoms with Crippen LogP contribution in [0.15, 0.2) is 28.7 Å². The highest BCUT2D eigenvalue weighted by atomic mass is 16.5. The first kappa shape index (κ1) is 15.1. The molecule has 0 atom stereocenters. The van der Waals surface area contributed by atoms with Crippen molar-refractivity contribution in [1.29, 1.82) is 0 Å². The molecule has 1 aromatic heterocycles. The number of esters is 1. The van der Waals surface area contributed by atoms with E-state index in [0.29, 0.717) is 18.0 Å². The molecule has 0 unspecified atom stereocenters. The van der Waals surface area contributed by atoms with Gasteiger partial charge < -0.3 is 14.1 Å². The molecule has 0 fully saturated rings. The summed E-state index contributed by atoms with van der Waals surface area (Å²) in [5.74, 6) is 0.160. The third kappa shape index (κ3) is 3.24. The van der Waals surface area contributed by atoms with Crippen LogP contribution in [0.25, 0.3) is 11.5 Å². The number of hydrogen-bond donors (Lipinski definition) is 0. The summed E-state index contributed by atoms with van der Waals surface area (Å²) < 4.78 is 10.4. The van der Waals surface area contributed by atoms with Crippen LogP contribution in [0, 0.1) is 0 Å². The molecule has 21 heavy (non-hydrogen) atoms. The number of ether oxygens (including phenoxy) is 1. The van der Waals surface area contributed by atoms with E-state index in [1.54, 1.807) is 0 Å². The standard InChI is InChI=1S/C16H20N2O3/c1-5-7-13-14(16(19)20-4)21-15(17-13)11-8-6-9-12(10-11)18(2)3/h6,8-10H,5,7H2,1-4H3. The Hall–Kier alpha value is -2.30. The van der Waals surface area contributed by atoms with E-state index in [9.17, 15) is 4.79 Å². The third-order valence-electron chi connectivity index (χ3n) is 3.16. The highest BCUT2D eigenvalue weighted by Crippen LogP contribution is 2.26. The molecule has 112 valence electrons. The molecule has 0 aliphatic heterocycles. The number of methoxy groups -OCH3 is 1. The van der Waals surface area contributed by atoms with E-state index >= 15 is 0 Å². The van der Waals surface area contributed by atoms with Gasteiger partial charge in [0.2, 0.25) is 11.7 Å². The van der Waals surface area contributed by atoms with Crippen molar-refractivity contribution in [2.75, 3.05) is 26.1 Å². The minimum Gasteiger partial charge on any atom is -0.463 e. The van der Waals surface area contributed by atoms with Crippen LogP contribution in [0.1, 0.15) is 29.6 Å². The molecule has 0 saturated heterocycles. The lowest BCUT2D eigenvalue weighted by Gasteiger charge is -2.12. The Balaban J connectivity index is 2.44. The summed E-state index contributed by atoms with van der Waals surface area (Å²) in [6.45, 7) is 2.03. The predicted octanol–water partition coefficient (Wildman–Crippen LogP) is 3.15. The van der Waals surface area contributed by atoms with Crippen molar-refractivity contribution in [2.45, 2.75) is 19.8 Å². The molecular weight excluding hydrogens is 268 g/mol. The largest absolute Gasteiger partial charge is 0.463 e. The molecule has 0 saturated carbocycles. The number of aryl methyl sites for hydroxylation is 1. The molecule has 0 radical (unpaired) electrons. The van der Waals surface area contributed by atoms with Gasteiger partial charge in [-0.1, -0.05) is 19.4 Å². The van der Waals surface area contributed by atoms with Crippen molar-refractivity contribution in [3.63, 3.8) is 0 Å². The van der Waals surface area contributed by atoms with Gasteiger partial charge in [-0.2, -0.15) is 0 Å². The zero-order chi connectivity index (χ0) is 15.4.